The molecule has 0 saturated carbocycles. The van der Waals surface area contributed by atoms with Crippen molar-refractivity contribution in [3.63, 3.8) is 0 Å². The van der Waals surface area contributed by atoms with Gasteiger partial charge in [-0.2, -0.15) is 13.2 Å². The summed E-state index contributed by atoms with van der Waals surface area (Å²) in [6, 6.07) is 7.90. The molecule has 7 nitrogen and oxygen atoms in total. The number of carbonyl (C=O) groups excluding carboxylic acids is 1. The summed E-state index contributed by atoms with van der Waals surface area (Å²) in [5.41, 5.74) is -1.35. The molecule has 2 atom stereocenters. The highest BCUT2D eigenvalue weighted by molar-refractivity contribution is 5.94. The van der Waals surface area contributed by atoms with Gasteiger partial charge in [0.2, 0.25) is 0 Å². The van der Waals surface area contributed by atoms with E-state index in [0.29, 0.717) is 24.3 Å². The maximum atomic E-state index is 13.9. The largest absolute Gasteiger partial charge is 0.416 e. The third kappa shape index (κ3) is 5.79. The van der Waals surface area contributed by atoms with E-state index in [1.807, 2.05) is 0 Å². The highest BCUT2D eigenvalue weighted by Crippen LogP contribution is 2.37. The molecule has 1 aliphatic rings. The lowest BCUT2D eigenvalue weighted by Gasteiger charge is -2.38. The Bertz CT molecular complexity index is 1360. The molecular weight excluding hydrogens is 485 g/mol. The number of rotatable bonds is 5. The molecule has 3 N–H and O–H groups in total. The summed E-state index contributed by atoms with van der Waals surface area (Å²) < 4.78 is 41.7. The highest BCUT2D eigenvalue weighted by atomic mass is 19.4. The first-order valence-corrected chi connectivity index (χ1v) is 12.2. The van der Waals surface area contributed by atoms with Crippen molar-refractivity contribution in [3.05, 3.63) is 69.3 Å². The van der Waals surface area contributed by atoms with Crippen LogP contribution in [-0.4, -0.2) is 44.6 Å². The molecule has 2 heterocycles. The first-order valence-electron chi connectivity index (χ1n) is 12.2. The van der Waals surface area contributed by atoms with E-state index in [2.05, 4.69) is 15.3 Å². The summed E-state index contributed by atoms with van der Waals surface area (Å²) in [7, 11) is 0. The number of fused-ring (bicyclic) bond motifs is 1. The van der Waals surface area contributed by atoms with Crippen molar-refractivity contribution in [2.75, 3.05) is 18.4 Å². The van der Waals surface area contributed by atoms with Crippen LogP contribution < -0.4 is 10.9 Å². The monoisotopic (exact) mass is 516 g/mol. The molecule has 2 aromatic carbocycles. The predicted molar refractivity (Wildman–Crippen MR) is 136 cm³/mol. The van der Waals surface area contributed by atoms with Crippen LogP contribution in [0, 0.1) is 12.8 Å². The van der Waals surface area contributed by atoms with Gasteiger partial charge in [0.15, 0.2) is 0 Å². The summed E-state index contributed by atoms with van der Waals surface area (Å²) >= 11 is 0. The fraction of sp³-hybridized carbons (Fsp3) is 0.444. The molecule has 10 heteroatoms. The number of amides is 1. The highest BCUT2D eigenvalue weighted by Gasteiger charge is 2.36. The summed E-state index contributed by atoms with van der Waals surface area (Å²) in [6.07, 6.45) is -2.98. The Morgan fingerprint density at radius 2 is 1.89 bits per heavy atom. The smallest absolute Gasteiger partial charge is 0.390 e. The Hall–Kier alpha value is -3.40. The molecule has 0 aliphatic carbocycles. The summed E-state index contributed by atoms with van der Waals surface area (Å²) in [5.74, 6) is 0.0758. The minimum absolute atomic E-state index is 0.0110. The number of halogens is 3. The number of alkyl halides is 3. The molecule has 1 aliphatic heterocycles. The van der Waals surface area contributed by atoms with Gasteiger partial charge in [0.1, 0.15) is 5.82 Å². The molecule has 1 unspecified atom stereocenters. The second-order valence-corrected chi connectivity index (χ2v) is 10.3. The number of carbonyl (C=O) groups is 1. The number of aromatic amines is 1. The van der Waals surface area contributed by atoms with Crippen molar-refractivity contribution < 1.29 is 23.1 Å². The average Bonchev–Trinajstić information content (AvgIpc) is 2.82. The minimum Gasteiger partial charge on any atom is -0.390 e. The molecule has 37 heavy (non-hydrogen) atoms. The fourth-order valence-electron chi connectivity index (χ4n) is 4.88. The Labute approximate surface area is 212 Å². The van der Waals surface area contributed by atoms with Gasteiger partial charge < -0.3 is 20.3 Å². The Kier molecular flexibility index (Phi) is 7.07. The zero-order valence-electron chi connectivity index (χ0n) is 21.2. The van der Waals surface area contributed by atoms with E-state index < -0.39 is 28.9 Å². The number of hydrogen-bond donors (Lipinski definition) is 3. The molecule has 1 fully saturated rings. The fourth-order valence-corrected chi connectivity index (χ4v) is 4.88. The summed E-state index contributed by atoms with van der Waals surface area (Å²) in [6.45, 7) is 7.67. The average molecular weight is 517 g/mol. The number of aliphatic hydroxyl groups is 1. The van der Waals surface area contributed by atoms with E-state index in [9.17, 15) is 27.9 Å². The van der Waals surface area contributed by atoms with Crippen LogP contribution in [0.4, 0.5) is 18.9 Å². The predicted octanol–water partition coefficient (Wildman–Crippen LogP) is 5.05. The molecule has 1 saturated heterocycles. The maximum Gasteiger partial charge on any atom is 0.416 e. The number of H-pyrrole nitrogens is 1. The topological polar surface area (TPSA) is 98.3 Å². The van der Waals surface area contributed by atoms with E-state index in [4.69, 9.17) is 0 Å². The van der Waals surface area contributed by atoms with Crippen molar-refractivity contribution in [1.29, 1.82) is 0 Å². The number of piperidine rings is 1. The number of aryl methyl sites for hydroxylation is 1. The summed E-state index contributed by atoms with van der Waals surface area (Å²) in [4.78, 5) is 33.7. The molecule has 1 aromatic heterocycles. The van der Waals surface area contributed by atoms with Crippen LogP contribution in [0.15, 0.2) is 41.2 Å². The third-order valence-corrected chi connectivity index (χ3v) is 6.99. The third-order valence-electron chi connectivity index (χ3n) is 6.99. The van der Waals surface area contributed by atoms with Crippen molar-refractivity contribution in [2.24, 2.45) is 5.92 Å². The van der Waals surface area contributed by atoms with Gasteiger partial charge in [0.25, 0.3) is 11.5 Å². The van der Waals surface area contributed by atoms with E-state index in [-0.39, 0.29) is 34.1 Å². The minimum atomic E-state index is -4.64. The van der Waals surface area contributed by atoms with Gasteiger partial charge in [-0.1, -0.05) is 0 Å². The van der Waals surface area contributed by atoms with Gasteiger partial charge in [-0.15, -0.1) is 0 Å². The van der Waals surface area contributed by atoms with Crippen molar-refractivity contribution in [3.8, 4) is 0 Å². The van der Waals surface area contributed by atoms with Gasteiger partial charge in [0.05, 0.1) is 22.1 Å². The molecule has 0 radical (unpaired) electrons. The van der Waals surface area contributed by atoms with Crippen LogP contribution in [0.1, 0.15) is 67.0 Å². The molecule has 198 valence electrons. The quantitative estimate of drug-likeness (QED) is 0.441. The van der Waals surface area contributed by atoms with Crippen LogP contribution in [0.3, 0.4) is 0 Å². The van der Waals surface area contributed by atoms with Crippen LogP contribution in [0.5, 0.6) is 0 Å². The van der Waals surface area contributed by atoms with Crippen molar-refractivity contribution >= 4 is 22.5 Å². The molecule has 4 rings (SSSR count). The number of nitrogens with one attached hydrogen (secondary N) is 2. The van der Waals surface area contributed by atoms with Crippen LogP contribution in [0.25, 0.3) is 10.9 Å². The van der Waals surface area contributed by atoms with E-state index >= 15 is 0 Å². The lowest BCUT2D eigenvalue weighted by Crippen LogP contribution is -2.46. The van der Waals surface area contributed by atoms with Gasteiger partial charge in [-0.3, -0.25) is 9.59 Å². The molecule has 0 spiro atoms. The van der Waals surface area contributed by atoms with Crippen LogP contribution >= 0.6 is 0 Å². The molecular formula is C27H31F3N4O3. The van der Waals surface area contributed by atoms with E-state index in [1.165, 1.54) is 13.0 Å². The van der Waals surface area contributed by atoms with Gasteiger partial charge in [0, 0.05) is 36.3 Å². The van der Waals surface area contributed by atoms with E-state index in [0.717, 1.165) is 18.9 Å². The second kappa shape index (κ2) is 9.81. The number of benzene rings is 2. The summed E-state index contributed by atoms with van der Waals surface area (Å²) in [5, 5.41) is 13.5. The second-order valence-electron chi connectivity index (χ2n) is 10.3. The molecule has 0 bridgehead atoms. The van der Waals surface area contributed by atoms with Crippen molar-refractivity contribution in [1.82, 2.24) is 14.9 Å². The number of aromatic nitrogens is 2. The first-order chi connectivity index (χ1) is 17.2. The zero-order valence-corrected chi connectivity index (χ0v) is 21.2. The van der Waals surface area contributed by atoms with Gasteiger partial charge in [-0.25, -0.2) is 4.98 Å². The van der Waals surface area contributed by atoms with E-state index in [1.54, 1.807) is 49.9 Å². The molecule has 3 aromatic rings. The standard InChI is InChI=1S/C27H31F3N4O3/c1-15(20-12-21-23(13-22(20)27(28,29)30)32-16(2)33-24(21)35)31-19-9-7-17(8-10-19)25(36)34-11-5-6-18(14-34)26(3,4)37/h7-10,12-13,15,18,31,37H,5-6,11,14H2,1-4H3,(H,32,33,35)/t15-,18?/m0/s1. The maximum absolute atomic E-state index is 13.9. The van der Waals surface area contributed by atoms with Crippen molar-refractivity contribution in [2.45, 2.75) is 58.4 Å². The number of likely N-dealkylation sites (tertiary alicyclic amines) is 1. The van der Waals surface area contributed by atoms with Gasteiger partial charge in [-0.05, 0) is 82.5 Å². The lowest BCUT2D eigenvalue weighted by atomic mass is 9.84. The number of anilines is 1. The Morgan fingerprint density at radius 1 is 1.22 bits per heavy atom. The number of hydrogen-bond acceptors (Lipinski definition) is 5. The number of nitrogens with zero attached hydrogens (tertiary/aromatic N) is 2. The van der Waals surface area contributed by atoms with Gasteiger partial charge >= 0.3 is 6.18 Å². The van der Waals surface area contributed by atoms with Crippen LogP contribution in [0.2, 0.25) is 0 Å². The SMILES string of the molecule is Cc1nc2cc(C(F)(F)F)c([C@H](C)Nc3ccc(C(=O)N4CCCC(C(C)(C)O)C4)cc3)cc2c(=O)[nH]1. The Balaban J connectivity index is 1.56. The van der Waals surface area contributed by atoms with Crippen LogP contribution in [-0.2, 0) is 6.18 Å². The Morgan fingerprint density at radius 3 is 2.51 bits per heavy atom. The lowest BCUT2D eigenvalue weighted by molar-refractivity contribution is -0.138. The molecule has 1 amide bonds. The normalized spacial score (nSPS) is 17.6. The first kappa shape index (κ1) is 26.7. The zero-order chi connectivity index (χ0) is 27.1.